The van der Waals surface area contributed by atoms with Gasteiger partial charge in [0.2, 0.25) is 5.91 Å². The van der Waals surface area contributed by atoms with Crippen LogP contribution in [-0.4, -0.2) is 69.8 Å². The Morgan fingerprint density at radius 2 is 1.68 bits per heavy atom. The van der Waals surface area contributed by atoms with Gasteiger partial charge in [0.15, 0.2) is 0 Å². The Bertz CT molecular complexity index is 621. The van der Waals surface area contributed by atoms with Crippen molar-refractivity contribution >= 4 is 41.5 Å². The number of thioether (sulfide) groups is 2. The molecule has 2 rings (SSSR count). The van der Waals surface area contributed by atoms with Gasteiger partial charge in [0.05, 0.1) is 11.2 Å². The molecule has 0 unspecified atom stereocenters. The summed E-state index contributed by atoms with van der Waals surface area (Å²) in [5.41, 5.74) is -1.22. The van der Waals surface area contributed by atoms with Crippen LogP contribution in [0.25, 0.3) is 0 Å². The van der Waals surface area contributed by atoms with Crippen molar-refractivity contribution in [3.63, 3.8) is 0 Å². The Morgan fingerprint density at radius 1 is 1.11 bits per heavy atom. The van der Waals surface area contributed by atoms with Crippen LogP contribution in [0, 0.1) is 5.41 Å². The third-order valence-corrected chi connectivity index (χ3v) is 8.06. The minimum absolute atomic E-state index is 0.178. The Labute approximate surface area is 176 Å². The zero-order valence-electron chi connectivity index (χ0n) is 17.8. The van der Waals surface area contributed by atoms with Crippen LogP contribution < -0.4 is 5.32 Å². The van der Waals surface area contributed by atoms with Gasteiger partial charge in [-0.1, -0.05) is 20.8 Å². The maximum absolute atomic E-state index is 13.5. The highest BCUT2D eigenvalue weighted by Crippen LogP contribution is 2.52. The number of likely N-dealkylation sites (tertiary alicyclic amines) is 1. The highest BCUT2D eigenvalue weighted by molar-refractivity contribution is 8.21. The number of amides is 2. The van der Waals surface area contributed by atoms with E-state index in [1.807, 2.05) is 20.8 Å². The van der Waals surface area contributed by atoms with E-state index < -0.39 is 35.2 Å². The molecule has 9 heteroatoms. The predicted molar refractivity (Wildman–Crippen MR) is 112 cm³/mol. The van der Waals surface area contributed by atoms with E-state index in [0.717, 1.165) is 11.5 Å². The second kappa shape index (κ2) is 8.34. The standard InChI is InChI=1S/C19H32N2O5S2/c1-17(2,3)13(20-16(24)26-18(4,5)6)14(22)21-11-19(27-8-9-28-19)10-12(21)15(23)25-7/h12-13H,8-11H2,1-7H3,(H,20,24)/t12-,13+/m0/s1. The highest BCUT2D eigenvalue weighted by Gasteiger charge is 2.53. The number of esters is 1. The van der Waals surface area contributed by atoms with Crippen LogP contribution in [0.2, 0.25) is 0 Å². The topological polar surface area (TPSA) is 84.9 Å². The zero-order chi connectivity index (χ0) is 21.3. The molecule has 0 aromatic heterocycles. The number of rotatable bonds is 3. The van der Waals surface area contributed by atoms with E-state index in [2.05, 4.69) is 5.32 Å². The number of carbonyl (C=O) groups excluding carboxylic acids is 3. The first-order chi connectivity index (χ1) is 12.8. The molecular formula is C19H32N2O5S2. The summed E-state index contributed by atoms with van der Waals surface area (Å²) in [6.45, 7) is 11.4. The minimum Gasteiger partial charge on any atom is -0.467 e. The van der Waals surface area contributed by atoms with Gasteiger partial charge in [0.1, 0.15) is 17.7 Å². The number of ether oxygens (including phenoxy) is 2. The second-order valence-electron chi connectivity index (χ2n) is 9.26. The number of nitrogens with zero attached hydrogens (tertiary/aromatic N) is 1. The first-order valence-electron chi connectivity index (χ1n) is 9.44. The first-order valence-corrected chi connectivity index (χ1v) is 11.4. The van der Waals surface area contributed by atoms with Gasteiger partial charge in [-0.05, 0) is 26.2 Å². The fraction of sp³-hybridized carbons (Fsp3) is 0.842. The third-order valence-electron chi connectivity index (χ3n) is 4.64. The van der Waals surface area contributed by atoms with Crippen LogP contribution in [0.3, 0.4) is 0 Å². The summed E-state index contributed by atoms with van der Waals surface area (Å²) < 4.78 is 10.1. The van der Waals surface area contributed by atoms with E-state index in [-0.39, 0.29) is 9.99 Å². The van der Waals surface area contributed by atoms with E-state index in [0.29, 0.717) is 13.0 Å². The molecule has 0 radical (unpaired) electrons. The van der Waals surface area contributed by atoms with Gasteiger partial charge in [-0.2, -0.15) is 0 Å². The van der Waals surface area contributed by atoms with E-state index in [1.165, 1.54) is 7.11 Å². The molecule has 2 amide bonds. The van der Waals surface area contributed by atoms with Crippen LogP contribution in [0.5, 0.6) is 0 Å². The lowest BCUT2D eigenvalue weighted by molar-refractivity contribution is -0.152. The van der Waals surface area contributed by atoms with Crippen molar-refractivity contribution in [3.05, 3.63) is 0 Å². The highest BCUT2D eigenvalue weighted by atomic mass is 32.2. The van der Waals surface area contributed by atoms with Crippen molar-refractivity contribution < 1.29 is 23.9 Å². The Kier molecular flexibility index (Phi) is 6.91. The lowest BCUT2D eigenvalue weighted by Gasteiger charge is -2.35. The molecule has 2 saturated heterocycles. The van der Waals surface area contributed by atoms with Gasteiger partial charge >= 0.3 is 12.1 Å². The molecule has 7 nitrogen and oxygen atoms in total. The summed E-state index contributed by atoms with van der Waals surface area (Å²) in [5.74, 6) is 1.31. The largest absolute Gasteiger partial charge is 0.467 e. The summed E-state index contributed by atoms with van der Waals surface area (Å²) in [6.07, 6.45) is -0.0849. The molecule has 2 fully saturated rings. The molecule has 1 spiro atoms. The van der Waals surface area contributed by atoms with Gasteiger partial charge in [0, 0.05) is 24.5 Å². The minimum atomic E-state index is -0.818. The first kappa shape index (κ1) is 23.2. The second-order valence-corrected chi connectivity index (χ2v) is 12.5. The summed E-state index contributed by atoms with van der Waals surface area (Å²) in [5, 5.41) is 2.73. The molecule has 2 heterocycles. The molecule has 0 saturated carbocycles. The van der Waals surface area contributed by atoms with Crippen molar-refractivity contribution in [2.45, 2.75) is 69.7 Å². The van der Waals surface area contributed by atoms with Crippen LogP contribution in [-0.2, 0) is 19.1 Å². The van der Waals surface area contributed by atoms with Crippen LogP contribution in [0.1, 0.15) is 48.0 Å². The monoisotopic (exact) mass is 432 g/mol. The van der Waals surface area contributed by atoms with Gasteiger partial charge in [-0.15, -0.1) is 23.5 Å². The molecule has 2 aliphatic rings. The zero-order valence-corrected chi connectivity index (χ0v) is 19.4. The quantitative estimate of drug-likeness (QED) is 0.687. The SMILES string of the molecule is COC(=O)[C@@H]1CC2(CN1C(=O)[C@@H](NC(=O)OC(C)(C)C)C(C)(C)C)SCCS2. The third kappa shape index (κ3) is 5.49. The maximum Gasteiger partial charge on any atom is 0.408 e. The van der Waals surface area contributed by atoms with E-state index in [1.54, 1.807) is 49.2 Å². The molecule has 2 atom stereocenters. The maximum atomic E-state index is 13.5. The van der Waals surface area contributed by atoms with Crippen LogP contribution in [0.15, 0.2) is 0 Å². The molecule has 28 heavy (non-hydrogen) atoms. The number of methoxy groups -OCH3 is 1. The van der Waals surface area contributed by atoms with E-state index in [9.17, 15) is 14.4 Å². The number of hydrogen-bond acceptors (Lipinski definition) is 7. The fourth-order valence-corrected chi connectivity index (χ4v) is 6.62. The summed E-state index contributed by atoms with van der Waals surface area (Å²) in [6, 6.07) is -1.46. The summed E-state index contributed by atoms with van der Waals surface area (Å²) >= 11 is 3.59. The van der Waals surface area contributed by atoms with Gasteiger partial charge < -0.3 is 19.7 Å². The lowest BCUT2D eigenvalue weighted by Crippen LogP contribution is -2.57. The molecular weight excluding hydrogens is 400 g/mol. The number of nitrogens with one attached hydrogen (secondary N) is 1. The molecule has 0 aliphatic carbocycles. The van der Waals surface area contributed by atoms with Crippen molar-refractivity contribution in [2.75, 3.05) is 25.2 Å². The van der Waals surface area contributed by atoms with Gasteiger partial charge in [0.25, 0.3) is 0 Å². The Balaban J connectivity index is 2.25. The van der Waals surface area contributed by atoms with Gasteiger partial charge in [-0.3, -0.25) is 4.79 Å². The molecule has 0 aromatic carbocycles. The Morgan fingerprint density at radius 3 is 2.14 bits per heavy atom. The Hall–Kier alpha value is -1.09. The molecule has 2 aliphatic heterocycles. The normalized spacial score (nSPS) is 22.8. The van der Waals surface area contributed by atoms with Crippen LogP contribution >= 0.6 is 23.5 Å². The predicted octanol–water partition coefficient (Wildman–Crippen LogP) is 2.88. The van der Waals surface area contributed by atoms with Crippen molar-refractivity contribution in [2.24, 2.45) is 5.41 Å². The molecule has 160 valence electrons. The molecule has 1 N–H and O–H groups in total. The van der Waals surface area contributed by atoms with Crippen LogP contribution in [0.4, 0.5) is 4.79 Å². The van der Waals surface area contributed by atoms with Crippen molar-refractivity contribution in [1.29, 1.82) is 0 Å². The molecule has 0 aromatic rings. The summed E-state index contributed by atoms with van der Waals surface area (Å²) in [4.78, 5) is 39.8. The van der Waals surface area contributed by atoms with E-state index >= 15 is 0 Å². The van der Waals surface area contributed by atoms with E-state index in [4.69, 9.17) is 9.47 Å². The summed E-state index contributed by atoms with van der Waals surface area (Å²) in [7, 11) is 1.34. The smallest absolute Gasteiger partial charge is 0.408 e. The lowest BCUT2D eigenvalue weighted by atomic mass is 9.85. The average Bonchev–Trinajstić information content (AvgIpc) is 3.16. The average molecular weight is 433 g/mol. The van der Waals surface area contributed by atoms with Crippen molar-refractivity contribution in [1.82, 2.24) is 10.2 Å². The number of alkyl carbamates (subject to hydrolysis) is 1. The molecule has 0 bridgehead atoms. The van der Waals surface area contributed by atoms with Crippen molar-refractivity contribution in [3.8, 4) is 0 Å². The number of carbonyl (C=O) groups is 3. The number of hydrogen-bond donors (Lipinski definition) is 1. The fourth-order valence-electron chi connectivity index (χ4n) is 3.36. The van der Waals surface area contributed by atoms with Gasteiger partial charge in [-0.25, -0.2) is 9.59 Å².